The molecule has 7 heteroatoms. The van der Waals surface area contributed by atoms with Crippen molar-refractivity contribution in [3.05, 3.63) is 70.8 Å². The molecule has 0 saturated heterocycles. The Kier molecular flexibility index (Phi) is 5.64. The smallest absolute Gasteiger partial charge is 0.191 e. The van der Waals surface area contributed by atoms with E-state index in [0.29, 0.717) is 0 Å². The summed E-state index contributed by atoms with van der Waals surface area (Å²) in [6, 6.07) is 12.7. The molecule has 3 aromatic heterocycles. The average molecular weight is 410 g/mol. The second-order valence-electron chi connectivity index (χ2n) is 6.73. The van der Waals surface area contributed by atoms with E-state index in [-0.39, 0.29) is 0 Å². The van der Waals surface area contributed by atoms with Gasteiger partial charge in [-0.15, -0.1) is 21.5 Å². The van der Waals surface area contributed by atoms with Gasteiger partial charge in [-0.1, -0.05) is 41.6 Å². The number of hydrogen-bond donors (Lipinski definition) is 0. The van der Waals surface area contributed by atoms with Crippen molar-refractivity contribution in [2.45, 2.75) is 37.7 Å². The maximum Gasteiger partial charge on any atom is 0.191 e. The van der Waals surface area contributed by atoms with E-state index in [2.05, 4.69) is 88.2 Å². The van der Waals surface area contributed by atoms with Crippen LogP contribution in [0.5, 0.6) is 0 Å². The third-order valence-corrected chi connectivity index (χ3v) is 6.64. The Bertz CT molecular complexity index is 1060. The summed E-state index contributed by atoms with van der Waals surface area (Å²) in [7, 11) is 2.06. The Morgan fingerprint density at radius 1 is 1.11 bits per heavy atom. The van der Waals surface area contributed by atoms with Crippen molar-refractivity contribution in [1.29, 1.82) is 0 Å². The van der Waals surface area contributed by atoms with Crippen molar-refractivity contribution in [2.75, 3.05) is 0 Å². The molecule has 0 aliphatic rings. The molecule has 144 valence electrons. The number of thioether (sulfide) groups is 1. The molecular weight excluding hydrogens is 386 g/mol. The van der Waals surface area contributed by atoms with Crippen LogP contribution >= 0.6 is 23.1 Å². The van der Waals surface area contributed by atoms with E-state index in [1.165, 1.54) is 16.8 Å². The molecule has 28 heavy (non-hydrogen) atoms. The number of benzene rings is 1. The molecule has 0 atom stereocenters. The van der Waals surface area contributed by atoms with Crippen LogP contribution in [0.1, 0.15) is 29.7 Å². The maximum atomic E-state index is 4.80. The third-order valence-electron chi connectivity index (χ3n) is 4.70. The Labute approximate surface area is 173 Å². The highest BCUT2D eigenvalue weighted by Crippen LogP contribution is 2.28. The number of aromatic nitrogens is 5. The SMILES string of the molecule is CCn1c(Cc2cccn2C)nnc1SCc1csc(-c2ccc(C)cc2)n1. The predicted octanol–water partition coefficient (Wildman–Crippen LogP) is 4.95. The molecule has 5 nitrogen and oxygen atoms in total. The van der Waals surface area contributed by atoms with Crippen molar-refractivity contribution >= 4 is 23.1 Å². The van der Waals surface area contributed by atoms with Gasteiger partial charge >= 0.3 is 0 Å². The number of thiazole rings is 1. The quantitative estimate of drug-likeness (QED) is 0.405. The third kappa shape index (κ3) is 4.05. The molecule has 0 amide bonds. The normalized spacial score (nSPS) is 11.2. The van der Waals surface area contributed by atoms with E-state index in [0.717, 1.165) is 40.4 Å². The Hall–Kier alpha value is -2.38. The van der Waals surface area contributed by atoms with Gasteiger partial charge in [-0.2, -0.15) is 0 Å². The fourth-order valence-corrected chi connectivity index (χ4v) is 4.90. The van der Waals surface area contributed by atoms with Gasteiger partial charge in [0.1, 0.15) is 10.8 Å². The molecular formula is C21H23N5S2. The van der Waals surface area contributed by atoms with Crippen LogP contribution in [0, 0.1) is 6.92 Å². The molecule has 4 aromatic rings. The number of nitrogens with zero attached hydrogens (tertiary/aromatic N) is 5. The minimum Gasteiger partial charge on any atom is -0.354 e. The standard InChI is InChI=1S/C21H23N5S2/c1-4-26-19(12-18-6-5-11-25(18)3)23-24-21(26)28-14-17-13-27-20(22-17)16-9-7-15(2)8-10-16/h5-11,13H,4,12,14H2,1-3H3. The first-order valence-electron chi connectivity index (χ1n) is 9.30. The monoisotopic (exact) mass is 409 g/mol. The fraction of sp³-hybridized carbons (Fsp3) is 0.286. The van der Waals surface area contributed by atoms with Gasteiger partial charge in [0.05, 0.1) is 5.69 Å². The molecule has 3 heterocycles. The summed E-state index contributed by atoms with van der Waals surface area (Å²) in [4.78, 5) is 4.80. The minimum atomic E-state index is 0.791. The predicted molar refractivity (Wildman–Crippen MR) is 116 cm³/mol. The summed E-state index contributed by atoms with van der Waals surface area (Å²) >= 11 is 3.39. The molecule has 0 radical (unpaired) electrons. The molecule has 0 aliphatic carbocycles. The number of aryl methyl sites for hydroxylation is 2. The molecule has 1 aromatic carbocycles. The first-order valence-corrected chi connectivity index (χ1v) is 11.2. The molecule has 0 aliphatic heterocycles. The van der Waals surface area contributed by atoms with E-state index in [1.54, 1.807) is 23.1 Å². The lowest BCUT2D eigenvalue weighted by Crippen LogP contribution is -2.06. The number of hydrogen-bond acceptors (Lipinski definition) is 5. The molecule has 0 bridgehead atoms. The van der Waals surface area contributed by atoms with Crippen molar-refractivity contribution in [2.24, 2.45) is 7.05 Å². The van der Waals surface area contributed by atoms with Crippen molar-refractivity contribution < 1.29 is 0 Å². The van der Waals surface area contributed by atoms with Gasteiger partial charge in [0.15, 0.2) is 5.16 Å². The van der Waals surface area contributed by atoms with Crippen LogP contribution in [0.25, 0.3) is 10.6 Å². The van der Waals surface area contributed by atoms with Gasteiger partial charge in [0.2, 0.25) is 0 Å². The minimum absolute atomic E-state index is 0.791. The van der Waals surface area contributed by atoms with Crippen LogP contribution in [-0.4, -0.2) is 24.3 Å². The summed E-state index contributed by atoms with van der Waals surface area (Å²) in [5, 5.41) is 13.0. The first-order chi connectivity index (χ1) is 13.6. The highest BCUT2D eigenvalue weighted by atomic mass is 32.2. The second-order valence-corrected chi connectivity index (χ2v) is 8.53. The van der Waals surface area contributed by atoms with E-state index in [9.17, 15) is 0 Å². The van der Waals surface area contributed by atoms with Crippen LogP contribution in [0.2, 0.25) is 0 Å². The Morgan fingerprint density at radius 3 is 2.64 bits per heavy atom. The highest BCUT2D eigenvalue weighted by molar-refractivity contribution is 7.98. The van der Waals surface area contributed by atoms with E-state index in [4.69, 9.17) is 4.98 Å². The average Bonchev–Trinajstić information content (AvgIpc) is 3.42. The summed E-state index contributed by atoms with van der Waals surface area (Å²) in [6.45, 7) is 5.10. The van der Waals surface area contributed by atoms with Gasteiger partial charge in [0, 0.05) is 48.6 Å². The van der Waals surface area contributed by atoms with Crippen LogP contribution in [0.15, 0.2) is 53.1 Å². The zero-order chi connectivity index (χ0) is 19.5. The van der Waals surface area contributed by atoms with Gasteiger partial charge in [-0.05, 0) is 26.0 Å². The molecule has 0 spiro atoms. The van der Waals surface area contributed by atoms with Crippen LogP contribution < -0.4 is 0 Å². The van der Waals surface area contributed by atoms with Crippen LogP contribution in [-0.2, 0) is 25.8 Å². The zero-order valence-electron chi connectivity index (χ0n) is 16.3. The van der Waals surface area contributed by atoms with Crippen LogP contribution in [0.3, 0.4) is 0 Å². The van der Waals surface area contributed by atoms with Crippen LogP contribution in [0.4, 0.5) is 0 Å². The Morgan fingerprint density at radius 2 is 1.93 bits per heavy atom. The largest absolute Gasteiger partial charge is 0.354 e. The topological polar surface area (TPSA) is 48.5 Å². The lowest BCUT2D eigenvalue weighted by atomic mass is 10.2. The van der Waals surface area contributed by atoms with E-state index < -0.39 is 0 Å². The van der Waals surface area contributed by atoms with Crippen molar-refractivity contribution in [3.8, 4) is 10.6 Å². The summed E-state index contributed by atoms with van der Waals surface area (Å²) in [5.74, 6) is 1.80. The van der Waals surface area contributed by atoms with E-state index in [1.807, 2.05) is 0 Å². The van der Waals surface area contributed by atoms with E-state index >= 15 is 0 Å². The zero-order valence-corrected chi connectivity index (χ0v) is 17.9. The summed E-state index contributed by atoms with van der Waals surface area (Å²) < 4.78 is 4.33. The maximum absolute atomic E-state index is 4.80. The van der Waals surface area contributed by atoms with Gasteiger partial charge in [-0.25, -0.2) is 4.98 Å². The Balaban J connectivity index is 1.45. The molecule has 0 unspecified atom stereocenters. The molecule has 0 fully saturated rings. The molecule has 0 N–H and O–H groups in total. The van der Waals surface area contributed by atoms with Gasteiger partial charge in [-0.3, -0.25) is 0 Å². The lowest BCUT2D eigenvalue weighted by Gasteiger charge is -2.07. The molecule has 0 saturated carbocycles. The van der Waals surface area contributed by atoms with Gasteiger partial charge < -0.3 is 9.13 Å². The summed E-state index contributed by atoms with van der Waals surface area (Å²) in [5.41, 5.74) is 4.76. The van der Waals surface area contributed by atoms with Gasteiger partial charge in [0.25, 0.3) is 0 Å². The molecule has 4 rings (SSSR count). The van der Waals surface area contributed by atoms with Crippen molar-refractivity contribution in [1.82, 2.24) is 24.3 Å². The number of rotatable bonds is 7. The lowest BCUT2D eigenvalue weighted by molar-refractivity contribution is 0.645. The summed E-state index contributed by atoms with van der Waals surface area (Å²) in [6.07, 6.45) is 2.85. The second kappa shape index (κ2) is 8.32. The van der Waals surface area contributed by atoms with Crippen molar-refractivity contribution in [3.63, 3.8) is 0 Å². The highest BCUT2D eigenvalue weighted by Gasteiger charge is 2.14. The fourth-order valence-electron chi connectivity index (χ4n) is 3.06. The first kappa shape index (κ1) is 19.0.